The Hall–Kier alpha value is -0.570. The van der Waals surface area contributed by atoms with Crippen molar-refractivity contribution in [3.8, 4) is 0 Å². The van der Waals surface area contributed by atoms with Crippen molar-refractivity contribution in [1.29, 1.82) is 0 Å². The van der Waals surface area contributed by atoms with Gasteiger partial charge >= 0.3 is 0 Å². The molecule has 1 atom stereocenters. The van der Waals surface area contributed by atoms with Gasteiger partial charge in [-0.1, -0.05) is 12.8 Å². The fourth-order valence-corrected chi connectivity index (χ4v) is 2.86. The van der Waals surface area contributed by atoms with E-state index in [9.17, 15) is 4.79 Å². The summed E-state index contributed by atoms with van der Waals surface area (Å²) in [5.41, 5.74) is 5.11. The van der Waals surface area contributed by atoms with Crippen LogP contribution in [0.25, 0.3) is 0 Å². The molecular formula is C10H18N2O. The summed E-state index contributed by atoms with van der Waals surface area (Å²) in [6.45, 7) is 0.355. The molecule has 0 aromatic rings. The summed E-state index contributed by atoms with van der Waals surface area (Å²) in [6, 6.07) is 0.569. The van der Waals surface area contributed by atoms with E-state index in [-0.39, 0.29) is 5.91 Å². The fraction of sp³-hybridized carbons (Fsp3) is 0.900. The lowest BCUT2D eigenvalue weighted by atomic mass is 9.68. The van der Waals surface area contributed by atoms with Gasteiger partial charge in [0.05, 0.1) is 6.54 Å². The minimum absolute atomic E-state index is 0.235. The van der Waals surface area contributed by atoms with Crippen molar-refractivity contribution in [2.24, 2.45) is 17.6 Å². The first-order valence-corrected chi connectivity index (χ1v) is 5.27. The van der Waals surface area contributed by atoms with Gasteiger partial charge < -0.3 is 11.1 Å². The standard InChI is InChI=1S/C10H18N2O/c11-10(13)6-12-9-5-7-1-3-8(9)4-2-7/h7-9,12H,1-6H2,(H2,11,13). The van der Waals surface area contributed by atoms with Crippen molar-refractivity contribution in [3.63, 3.8) is 0 Å². The maximum Gasteiger partial charge on any atom is 0.231 e. The highest BCUT2D eigenvalue weighted by atomic mass is 16.1. The second-order valence-corrected chi connectivity index (χ2v) is 4.47. The lowest BCUT2D eigenvalue weighted by molar-refractivity contribution is -0.117. The van der Waals surface area contributed by atoms with Crippen LogP contribution in [-0.2, 0) is 4.79 Å². The number of fused-ring (bicyclic) bond motifs is 3. The Bertz CT molecular complexity index is 197. The number of hydrogen-bond acceptors (Lipinski definition) is 2. The van der Waals surface area contributed by atoms with Crippen LogP contribution in [-0.4, -0.2) is 18.5 Å². The quantitative estimate of drug-likeness (QED) is 0.673. The highest BCUT2D eigenvalue weighted by Gasteiger charge is 2.35. The summed E-state index contributed by atoms with van der Waals surface area (Å²) >= 11 is 0. The first-order chi connectivity index (χ1) is 6.25. The van der Waals surface area contributed by atoms with E-state index < -0.39 is 0 Å². The molecule has 0 aromatic carbocycles. The Labute approximate surface area is 79.1 Å². The maximum atomic E-state index is 10.6. The minimum atomic E-state index is -0.235. The molecule has 3 heteroatoms. The molecular weight excluding hydrogens is 164 g/mol. The number of nitrogens with two attached hydrogens (primary N) is 1. The second kappa shape index (κ2) is 3.66. The van der Waals surface area contributed by atoms with Crippen molar-refractivity contribution in [2.75, 3.05) is 6.54 Å². The molecule has 3 rings (SSSR count). The Morgan fingerprint density at radius 2 is 2.00 bits per heavy atom. The zero-order valence-electron chi connectivity index (χ0n) is 7.96. The normalized spacial score (nSPS) is 37.7. The molecule has 0 heterocycles. The van der Waals surface area contributed by atoms with Crippen LogP contribution in [0.5, 0.6) is 0 Å². The van der Waals surface area contributed by atoms with Crippen molar-refractivity contribution in [2.45, 2.75) is 38.1 Å². The third kappa shape index (κ3) is 2.02. The molecule has 3 aliphatic rings. The Morgan fingerprint density at radius 1 is 1.31 bits per heavy atom. The molecule has 0 aromatic heterocycles. The van der Waals surface area contributed by atoms with Crippen LogP contribution in [0.2, 0.25) is 0 Å². The van der Waals surface area contributed by atoms with Gasteiger partial charge in [-0.25, -0.2) is 0 Å². The highest BCUT2D eigenvalue weighted by molar-refractivity contribution is 5.75. The third-order valence-corrected chi connectivity index (χ3v) is 3.59. The number of amides is 1. The van der Waals surface area contributed by atoms with Crippen molar-refractivity contribution < 1.29 is 4.79 Å². The molecule has 3 aliphatic carbocycles. The van der Waals surface area contributed by atoms with Crippen LogP contribution in [0.4, 0.5) is 0 Å². The largest absolute Gasteiger partial charge is 0.369 e. The van der Waals surface area contributed by atoms with Crippen LogP contribution < -0.4 is 11.1 Å². The fourth-order valence-electron chi connectivity index (χ4n) is 2.86. The van der Waals surface area contributed by atoms with E-state index in [0.29, 0.717) is 12.6 Å². The van der Waals surface area contributed by atoms with Gasteiger partial charge in [-0.3, -0.25) is 4.79 Å². The van der Waals surface area contributed by atoms with Crippen LogP contribution in [0.15, 0.2) is 0 Å². The van der Waals surface area contributed by atoms with Crippen LogP contribution in [0, 0.1) is 11.8 Å². The predicted octanol–water partition coefficient (Wildman–Crippen LogP) is 0.640. The molecule has 3 saturated carbocycles. The summed E-state index contributed by atoms with van der Waals surface area (Å²) in [5.74, 6) is 1.49. The molecule has 1 amide bonds. The van der Waals surface area contributed by atoms with Gasteiger partial charge in [0.25, 0.3) is 0 Å². The third-order valence-electron chi connectivity index (χ3n) is 3.59. The summed E-state index contributed by atoms with van der Waals surface area (Å²) in [5, 5.41) is 3.28. The number of carbonyl (C=O) groups is 1. The number of primary amides is 1. The molecule has 0 aliphatic heterocycles. The van der Waals surface area contributed by atoms with E-state index in [1.165, 1.54) is 32.1 Å². The molecule has 3 nitrogen and oxygen atoms in total. The number of carbonyl (C=O) groups excluding carboxylic acids is 1. The first-order valence-electron chi connectivity index (χ1n) is 5.27. The number of rotatable bonds is 3. The maximum absolute atomic E-state index is 10.6. The van der Waals surface area contributed by atoms with E-state index in [2.05, 4.69) is 5.32 Å². The van der Waals surface area contributed by atoms with Gasteiger partial charge in [0.1, 0.15) is 0 Å². The van der Waals surface area contributed by atoms with Crippen molar-refractivity contribution in [3.05, 3.63) is 0 Å². The van der Waals surface area contributed by atoms with Crippen LogP contribution in [0.1, 0.15) is 32.1 Å². The average Bonchev–Trinajstić information content (AvgIpc) is 2.17. The Morgan fingerprint density at radius 3 is 2.46 bits per heavy atom. The van der Waals surface area contributed by atoms with Gasteiger partial charge in [0.15, 0.2) is 0 Å². The first kappa shape index (κ1) is 9.00. The molecule has 3 N–H and O–H groups in total. The monoisotopic (exact) mass is 182 g/mol. The van der Waals surface area contributed by atoms with Crippen molar-refractivity contribution in [1.82, 2.24) is 5.32 Å². The Kier molecular flexibility index (Phi) is 2.54. The van der Waals surface area contributed by atoms with Crippen LogP contribution in [0.3, 0.4) is 0 Å². The molecule has 0 radical (unpaired) electrons. The predicted molar refractivity (Wildman–Crippen MR) is 51.1 cm³/mol. The summed E-state index contributed by atoms with van der Waals surface area (Å²) in [7, 11) is 0. The van der Waals surface area contributed by atoms with Crippen LogP contribution >= 0.6 is 0 Å². The minimum Gasteiger partial charge on any atom is -0.369 e. The van der Waals surface area contributed by atoms with Gasteiger partial charge in [-0.15, -0.1) is 0 Å². The second-order valence-electron chi connectivity index (χ2n) is 4.47. The molecule has 0 spiro atoms. The zero-order chi connectivity index (χ0) is 9.26. The zero-order valence-corrected chi connectivity index (χ0v) is 7.96. The lowest BCUT2D eigenvalue weighted by Gasteiger charge is -2.42. The van der Waals surface area contributed by atoms with Gasteiger partial charge in [-0.2, -0.15) is 0 Å². The molecule has 3 fully saturated rings. The van der Waals surface area contributed by atoms with Crippen molar-refractivity contribution >= 4 is 5.91 Å². The van der Waals surface area contributed by atoms with E-state index in [0.717, 1.165) is 11.8 Å². The van der Waals surface area contributed by atoms with E-state index >= 15 is 0 Å². The molecule has 74 valence electrons. The average molecular weight is 182 g/mol. The molecule has 1 unspecified atom stereocenters. The van der Waals surface area contributed by atoms with Gasteiger partial charge in [0.2, 0.25) is 5.91 Å². The van der Waals surface area contributed by atoms with Gasteiger partial charge in [-0.05, 0) is 31.1 Å². The summed E-state index contributed by atoms with van der Waals surface area (Å²) < 4.78 is 0. The number of nitrogens with one attached hydrogen (secondary N) is 1. The number of hydrogen-bond donors (Lipinski definition) is 2. The topological polar surface area (TPSA) is 55.1 Å². The SMILES string of the molecule is NC(=O)CNC1CC2CCC1CC2. The smallest absolute Gasteiger partial charge is 0.231 e. The van der Waals surface area contributed by atoms with E-state index in [1.807, 2.05) is 0 Å². The molecule has 0 saturated heterocycles. The molecule has 2 bridgehead atoms. The summed E-state index contributed by atoms with van der Waals surface area (Å²) in [4.78, 5) is 10.6. The highest BCUT2D eigenvalue weighted by Crippen LogP contribution is 2.41. The van der Waals surface area contributed by atoms with Gasteiger partial charge in [0, 0.05) is 6.04 Å². The van der Waals surface area contributed by atoms with E-state index in [1.54, 1.807) is 0 Å². The van der Waals surface area contributed by atoms with E-state index in [4.69, 9.17) is 5.73 Å². The Balaban J connectivity index is 1.83. The summed E-state index contributed by atoms with van der Waals surface area (Å²) in [6.07, 6.45) is 6.76. The molecule has 13 heavy (non-hydrogen) atoms. The lowest BCUT2D eigenvalue weighted by Crippen LogP contribution is -2.47.